The van der Waals surface area contributed by atoms with Gasteiger partial charge < -0.3 is 19.9 Å². The normalized spacial score (nSPS) is 10.6. The summed E-state index contributed by atoms with van der Waals surface area (Å²) in [6.07, 6.45) is 0.876. The summed E-state index contributed by atoms with van der Waals surface area (Å²) in [5, 5.41) is 0. The van der Waals surface area contributed by atoms with Crippen molar-refractivity contribution in [2.45, 2.75) is 19.9 Å². The van der Waals surface area contributed by atoms with E-state index in [1.807, 2.05) is 25.1 Å². The number of hydrogen-bond donors (Lipinski definition) is 1. The summed E-state index contributed by atoms with van der Waals surface area (Å²) >= 11 is 0. The highest BCUT2D eigenvalue weighted by atomic mass is 16.5. The molecule has 0 aliphatic heterocycles. The fourth-order valence-corrected chi connectivity index (χ4v) is 1.58. The molecule has 0 spiro atoms. The molecule has 0 aliphatic rings. The van der Waals surface area contributed by atoms with Gasteiger partial charge in [0.2, 0.25) is 0 Å². The summed E-state index contributed by atoms with van der Waals surface area (Å²) in [7, 11) is 1.67. The molecule has 0 atom stereocenters. The Labute approximate surface area is 109 Å². The van der Waals surface area contributed by atoms with Crippen LogP contribution in [0.5, 0.6) is 5.75 Å². The summed E-state index contributed by atoms with van der Waals surface area (Å²) in [5.74, 6) is 0.890. The molecule has 0 saturated heterocycles. The number of ether oxygens (including phenoxy) is 3. The van der Waals surface area contributed by atoms with Crippen LogP contribution in [0.4, 0.5) is 0 Å². The maximum absolute atomic E-state index is 5.64. The Kier molecular flexibility index (Phi) is 7.41. The fraction of sp³-hybridized carbons (Fsp3) is 0.571. The lowest BCUT2D eigenvalue weighted by Gasteiger charge is -2.09. The molecule has 4 nitrogen and oxygen atoms in total. The third kappa shape index (κ3) is 5.49. The van der Waals surface area contributed by atoms with Gasteiger partial charge in [0.25, 0.3) is 0 Å². The van der Waals surface area contributed by atoms with Gasteiger partial charge in [-0.05, 0) is 30.2 Å². The van der Waals surface area contributed by atoms with Crippen molar-refractivity contribution in [3.63, 3.8) is 0 Å². The Bertz CT molecular complexity index is 342. The van der Waals surface area contributed by atoms with E-state index in [-0.39, 0.29) is 0 Å². The number of benzene rings is 1. The van der Waals surface area contributed by atoms with Gasteiger partial charge in [0.1, 0.15) is 5.75 Å². The SMILES string of the molecule is COCCOCCCOc1ccc(CN)c(C)c1. The highest BCUT2D eigenvalue weighted by Gasteiger charge is 1.99. The van der Waals surface area contributed by atoms with Crippen LogP contribution in [0.1, 0.15) is 17.5 Å². The molecule has 0 fully saturated rings. The lowest BCUT2D eigenvalue weighted by Crippen LogP contribution is -2.07. The summed E-state index contributed by atoms with van der Waals surface area (Å²) < 4.78 is 15.9. The van der Waals surface area contributed by atoms with Gasteiger partial charge in [0, 0.05) is 26.7 Å². The second-order valence-corrected chi connectivity index (χ2v) is 4.10. The van der Waals surface area contributed by atoms with Gasteiger partial charge in [-0.2, -0.15) is 0 Å². The number of hydrogen-bond acceptors (Lipinski definition) is 4. The van der Waals surface area contributed by atoms with Crippen molar-refractivity contribution in [3.05, 3.63) is 29.3 Å². The van der Waals surface area contributed by atoms with Gasteiger partial charge >= 0.3 is 0 Å². The Morgan fingerprint density at radius 1 is 1.11 bits per heavy atom. The molecule has 0 heterocycles. The zero-order valence-corrected chi connectivity index (χ0v) is 11.3. The molecular formula is C14H23NO3. The fourth-order valence-electron chi connectivity index (χ4n) is 1.58. The molecule has 2 N–H and O–H groups in total. The van der Waals surface area contributed by atoms with Crippen molar-refractivity contribution in [1.82, 2.24) is 0 Å². The number of methoxy groups -OCH3 is 1. The molecule has 0 saturated carbocycles. The molecular weight excluding hydrogens is 230 g/mol. The molecule has 0 unspecified atom stereocenters. The van der Waals surface area contributed by atoms with Crippen LogP contribution in [-0.4, -0.2) is 33.5 Å². The van der Waals surface area contributed by atoms with E-state index in [1.54, 1.807) is 7.11 Å². The highest BCUT2D eigenvalue weighted by molar-refractivity contribution is 5.34. The Morgan fingerprint density at radius 3 is 2.61 bits per heavy atom. The lowest BCUT2D eigenvalue weighted by atomic mass is 10.1. The number of rotatable bonds is 9. The molecule has 0 radical (unpaired) electrons. The summed E-state index contributed by atoms with van der Waals surface area (Å²) in [6.45, 7) is 5.25. The van der Waals surface area contributed by atoms with Crippen LogP contribution in [0.25, 0.3) is 0 Å². The molecule has 4 heteroatoms. The average Bonchev–Trinajstić information content (AvgIpc) is 2.38. The first-order chi connectivity index (χ1) is 8.77. The summed E-state index contributed by atoms with van der Waals surface area (Å²) in [6, 6.07) is 5.99. The molecule has 0 aromatic heterocycles. The zero-order valence-electron chi connectivity index (χ0n) is 11.3. The minimum Gasteiger partial charge on any atom is -0.493 e. The first kappa shape index (κ1) is 15.0. The number of nitrogens with two attached hydrogens (primary N) is 1. The first-order valence-electron chi connectivity index (χ1n) is 6.27. The summed E-state index contributed by atoms with van der Waals surface area (Å²) in [4.78, 5) is 0. The topological polar surface area (TPSA) is 53.7 Å². The molecule has 0 aliphatic carbocycles. The maximum Gasteiger partial charge on any atom is 0.119 e. The van der Waals surface area contributed by atoms with E-state index in [1.165, 1.54) is 5.56 Å². The van der Waals surface area contributed by atoms with E-state index >= 15 is 0 Å². The van der Waals surface area contributed by atoms with Crippen LogP contribution < -0.4 is 10.5 Å². The Morgan fingerprint density at radius 2 is 1.94 bits per heavy atom. The third-order valence-electron chi connectivity index (χ3n) is 2.67. The minimum atomic E-state index is 0.569. The Hall–Kier alpha value is -1.10. The van der Waals surface area contributed by atoms with Crippen molar-refractivity contribution in [3.8, 4) is 5.75 Å². The molecule has 0 bridgehead atoms. The second kappa shape index (κ2) is 8.91. The van der Waals surface area contributed by atoms with Gasteiger partial charge in [-0.25, -0.2) is 0 Å². The van der Waals surface area contributed by atoms with E-state index in [4.69, 9.17) is 19.9 Å². The smallest absolute Gasteiger partial charge is 0.119 e. The monoisotopic (exact) mass is 253 g/mol. The van der Waals surface area contributed by atoms with Crippen molar-refractivity contribution >= 4 is 0 Å². The predicted molar refractivity (Wildman–Crippen MR) is 71.9 cm³/mol. The molecule has 1 aromatic rings. The predicted octanol–water partition coefficient (Wildman–Crippen LogP) is 1.89. The standard InChI is InChI=1S/C14H23NO3/c1-12-10-14(5-4-13(12)11-15)18-7-3-6-17-9-8-16-2/h4-5,10H,3,6-9,11,15H2,1-2H3. The van der Waals surface area contributed by atoms with Gasteiger partial charge in [-0.1, -0.05) is 6.07 Å². The second-order valence-electron chi connectivity index (χ2n) is 4.10. The third-order valence-corrected chi connectivity index (χ3v) is 2.67. The molecule has 18 heavy (non-hydrogen) atoms. The highest BCUT2D eigenvalue weighted by Crippen LogP contribution is 2.16. The van der Waals surface area contributed by atoms with E-state index in [0.717, 1.165) is 17.7 Å². The minimum absolute atomic E-state index is 0.569. The van der Waals surface area contributed by atoms with Crippen LogP contribution >= 0.6 is 0 Å². The number of aryl methyl sites for hydroxylation is 1. The zero-order chi connectivity index (χ0) is 13.2. The molecule has 102 valence electrons. The van der Waals surface area contributed by atoms with Gasteiger partial charge in [0.15, 0.2) is 0 Å². The first-order valence-corrected chi connectivity index (χ1v) is 6.27. The molecule has 0 amide bonds. The van der Waals surface area contributed by atoms with Crippen LogP contribution in [0.15, 0.2) is 18.2 Å². The quantitative estimate of drug-likeness (QED) is 0.683. The van der Waals surface area contributed by atoms with Crippen molar-refractivity contribution in [2.24, 2.45) is 5.73 Å². The van der Waals surface area contributed by atoms with Crippen molar-refractivity contribution < 1.29 is 14.2 Å². The van der Waals surface area contributed by atoms with Crippen LogP contribution in [-0.2, 0) is 16.0 Å². The largest absolute Gasteiger partial charge is 0.493 e. The summed E-state index contributed by atoms with van der Waals surface area (Å²) in [5.41, 5.74) is 7.94. The molecule has 1 aromatic carbocycles. The van der Waals surface area contributed by atoms with Gasteiger partial charge in [0.05, 0.1) is 19.8 Å². The molecule has 1 rings (SSSR count). The van der Waals surface area contributed by atoms with Crippen molar-refractivity contribution in [2.75, 3.05) is 33.5 Å². The van der Waals surface area contributed by atoms with Crippen molar-refractivity contribution in [1.29, 1.82) is 0 Å². The van der Waals surface area contributed by atoms with Gasteiger partial charge in [-0.3, -0.25) is 0 Å². The van der Waals surface area contributed by atoms with E-state index in [9.17, 15) is 0 Å². The maximum atomic E-state index is 5.64. The van der Waals surface area contributed by atoms with Crippen LogP contribution in [0, 0.1) is 6.92 Å². The van der Waals surface area contributed by atoms with Gasteiger partial charge in [-0.15, -0.1) is 0 Å². The van der Waals surface area contributed by atoms with Crippen LogP contribution in [0.3, 0.4) is 0 Å². The lowest BCUT2D eigenvalue weighted by molar-refractivity contribution is 0.0644. The van der Waals surface area contributed by atoms with Crippen LogP contribution in [0.2, 0.25) is 0 Å². The van der Waals surface area contributed by atoms with E-state index < -0.39 is 0 Å². The van der Waals surface area contributed by atoms with E-state index in [2.05, 4.69) is 0 Å². The Balaban J connectivity index is 2.17. The average molecular weight is 253 g/mol. The van der Waals surface area contributed by atoms with E-state index in [0.29, 0.717) is 33.0 Å².